The lowest BCUT2D eigenvalue weighted by Gasteiger charge is -2.28. The van der Waals surface area contributed by atoms with Gasteiger partial charge in [0.1, 0.15) is 0 Å². The van der Waals surface area contributed by atoms with Crippen molar-refractivity contribution in [1.82, 2.24) is 0 Å². The van der Waals surface area contributed by atoms with Crippen molar-refractivity contribution in [2.24, 2.45) is 0 Å². The summed E-state index contributed by atoms with van der Waals surface area (Å²) < 4.78 is 26.2. The number of halogens is 1. The molecule has 1 aliphatic rings. The number of fused-ring (bicyclic) bond motifs is 3. The molecule has 0 bridgehead atoms. The van der Waals surface area contributed by atoms with Gasteiger partial charge in [0.05, 0.1) is 27.2 Å². The number of anilines is 1. The van der Waals surface area contributed by atoms with Gasteiger partial charge in [0.15, 0.2) is 0 Å². The first-order valence-corrected chi connectivity index (χ1v) is 8.78. The van der Waals surface area contributed by atoms with Crippen molar-refractivity contribution in [3.05, 3.63) is 39.7 Å². The Hall–Kier alpha value is -0.850. The number of thiophene rings is 1. The number of rotatable bonds is 1. The maximum atomic E-state index is 11.9. The van der Waals surface area contributed by atoms with Gasteiger partial charge in [-0.3, -0.25) is 4.31 Å². The molecule has 0 N–H and O–H groups in total. The molecule has 0 unspecified atom stereocenters. The van der Waals surface area contributed by atoms with Crippen molar-refractivity contribution >= 4 is 43.0 Å². The zero-order chi connectivity index (χ0) is 12.9. The number of hydrogen-bond donors (Lipinski definition) is 0. The molecule has 3 nitrogen and oxygen atoms in total. The van der Waals surface area contributed by atoms with Crippen LogP contribution in [0, 0.1) is 0 Å². The highest BCUT2D eigenvalue weighted by Crippen LogP contribution is 2.47. The van der Waals surface area contributed by atoms with Crippen molar-refractivity contribution in [1.29, 1.82) is 0 Å². The molecular formula is C12H10BrNO2S2. The average molecular weight is 344 g/mol. The summed E-state index contributed by atoms with van der Waals surface area (Å²) in [6, 6.07) is 9.80. The third-order valence-corrected chi connectivity index (χ3v) is 5.71. The zero-order valence-electron chi connectivity index (χ0n) is 9.55. The highest BCUT2D eigenvalue weighted by molar-refractivity contribution is 9.11. The van der Waals surface area contributed by atoms with Gasteiger partial charge in [-0.05, 0) is 33.1 Å². The van der Waals surface area contributed by atoms with E-state index in [9.17, 15) is 8.42 Å². The largest absolute Gasteiger partial charge is 0.265 e. The first-order chi connectivity index (χ1) is 8.47. The topological polar surface area (TPSA) is 37.4 Å². The zero-order valence-corrected chi connectivity index (χ0v) is 12.8. The molecule has 6 heteroatoms. The molecule has 18 heavy (non-hydrogen) atoms. The van der Waals surface area contributed by atoms with Gasteiger partial charge in [0, 0.05) is 0 Å². The van der Waals surface area contributed by atoms with Gasteiger partial charge in [-0.25, -0.2) is 8.42 Å². The Balaban J connectivity index is 2.29. The minimum atomic E-state index is -3.25. The van der Waals surface area contributed by atoms with Gasteiger partial charge in [0.2, 0.25) is 10.0 Å². The maximum Gasteiger partial charge on any atom is 0.232 e. The summed E-state index contributed by atoms with van der Waals surface area (Å²) in [7, 11) is -3.25. The predicted octanol–water partition coefficient (Wildman–Crippen LogP) is 3.46. The third-order valence-electron chi connectivity index (χ3n) is 2.93. The van der Waals surface area contributed by atoms with E-state index in [2.05, 4.69) is 15.9 Å². The fraction of sp³-hybridized carbons (Fsp3) is 0.167. The Labute approximate surface area is 118 Å². The fourth-order valence-electron chi connectivity index (χ4n) is 2.15. The molecule has 1 aliphatic heterocycles. The van der Waals surface area contributed by atoms with Crippen molar-refractivity contribution in [2.45, 2.75) is 6.54 Å². The average Bonchev–Trinajstić information content (AvgIpc) is 2.68. The minimum Gasteiger partial charge on any atom is -0.265 e. The highest BCUT2D eigenvalue weighted by atomic mass is 79.9. The van der Waals surface area contributed by atoms with E-state index in [0.29, 0.717) is 6.54 Å². The molecule has 0 aliphatic carbocycles. The Morgan fingerprint density at radius 3 is 2.78 bits per heavy atom. The standard InChI is InChI=1S/C12H10BrNO2S2/c1-18(15,16)14-7-8-4-2-3-5-9(8)12-10(14)6-11(13)17-12/h2-6H,7H2,1H3. The predicted molar refractivity (Wildman–Crippen MR) is 78.5 cm³/mol. The quantitative estimate of drug-likeness (QED) is 0.795. The fourth-order valence-corrected chi connectivity index (χ4v) is 4.73. The van der Waals surface area contributed by atoms with Crippen LogP contribution in [0.15, 0.2) is 34.1 Å². The first kappa shape index (κ1) is 12.2. The lowest BCUT2D eigenvalue weighted by Crippen LogP contribution is -2.31. The smallest absolute Gasteiger partial charge is 0.232 e. The summed E-state index contributed by atoms with van der Waals surface area (Å²) in [5.41, 5.74) is 2.95. The molecule has 94 valence electrons. The van der Waals surface area contributed by atoms with Gasteiger partial charge in [-0.15, -0.1) is 11.3 Å². The minimum absolute atomic E-state index is 0.408. The summed E-state index contributed by atoms with van der Waals surface area (Å²) in [6.45, 7) is 0.408. The summed E-state index contributed by atoms with van der Waals surface area (Å²) in [4.78, 5) is 1.01. The molecule has 0 spiro atoms. The van der Waals surface area contributed by atoms with Crippen molar-refractivity contribution in [3.8, 4) is 10.4 Å². The SMILES string of the molecule is CS(=O)(=O)N1Cc2ccccc2-c2sc(Br)cc21. The monoisotopic (exact) mass is 343 g/mol. The van der Waals surface area contributed by atoms with E-state index in [0.717, 1.165) is 25.5 Å². The Morgan fingerprint density at radius 1 is 1.33 bits per heavy atom. The number of sulfonamides is 1. The first-order valence-electron chi connectivity index (χ1n) is 5.32. The van der Waals surface area contributed by atoms with Crippen LogP contribution in [-0.4, -0.2) is 14.7 Å². The van der Waals surface area contributed by atoms with Gasteiger partial charge in [0.25, 0.3) is 0 Å². The Bertz CT molecular complexity index is 721. The van der Waals surface area contributed by atoms with Crippen LogP contribution in [0.4, 0.5) is 5.69 Å². The van der Waals surface area contributed by atoms with Crippen LogP contribution in [-0.2, 0) is 16.6 Å². The summed E-state index contributed by atoms with van der Waals surface area (Å²) >= 11 is 5.00. The Kier molecular flexibility index (Phi) is 2.76. The maximum absolute atomic E-state index is 11.9. The van der Waals surface area contributed by atoms with Gasteiger partial charge >= 0.3 is 0 Å². The number of hydrogen-bond acceptors (Lipinski definition) is 3. The molecule has 3 rings (SSSR count). The molecule has 0 atom stereocenters. The van der Waals surface area contributed by atoms with Crippen molar-refractivity contribution in [3.63, 3.8) is 0 Å². The molecule has 0 saturated carbocycles. The van der Waals surface area contributed by atoms with Gasteiger partial charge < -0.3 is 0 Å². The van der Waals surface area contributed by atoms with Gasteiger partial charge in [-0.1, -0.05) is 24.3 Å². The summed E-state index contributed by atoms with van der Waals surface area (Å²) in [6.07, 6.45) is 1.25. The second-order valence-corrected chi connectivity index (χ2v) is 8.53. The van der Waals surface area contributed by atoms with Crippen LogP contribution >= 0.6 is 27.3 Å². The molecule has 0 fully saturated rings. The summed E-state index contributed by atoms with van der Waals surface area (Å²) in [5, 5.41) is 0. The van der Waals surface area contributed by atoms with E-state index < -0.39 is 10.0 Å². The van der Waals surface area contributed by atoms with E-state index in [-0.39, 0.29) is 0 Å². The van der Waals surface area contributed by atoms with E-state index in [4.69, 9.17) is 0 Å². The van der Waals surface area contributed by atoms with E-state index in [1.165, 1.54) is 10.6 Å². The van der Waals surface area contributed by atoms with Crippen LogP contribution in [0.2, 0.25) is 0 Å². The second-order valence-electron chi connectivity index (χ2n) is 4.19. The normalized spacial score (nSPS) is 14.2. The molecule has 2 heterocycles. The summed E-state index contributed by atoms with van der Waals surface area (Å²) in [5.74, 6) is 0. The molecule has 1 aromatic heterocycles. The third kappa shape index (κ3) is 1.88. The number of nitrogens with zero attached hydrogens (tertiary/aromatic N) is 1. The van der Waals surface area contributed by atoms with Crippen LogP contribution in [0.3, 0.4) is 0 Å². The molecule has 1 aromatic carbocycles. The van der Waals surface area contributed by atoms with E-state index in [1.54, 1.807) is 11.3 Å². The second kappa shape index (κ2) is 4.08. The Morgan fingerprint density at radius 2 is 2.06 bits per heavy atom. The molecule has 2 aromatic rings. The van der Waals surface area contributed by atoms with Crippen LogP contribution < -0.4 is 4.31 Å². The van der Waals surface area contributed by atoms with Gasteiger partial charge in [-0.2, -0.15) is 0 Å². The van der Waals surface area contributed by atoms with Crippen molar-refractivity contribution in [2.75, 3.05) is 10.6 Å². The van der Waals surface area contributed by atoms with Crippen LogP contribution in [0.1, 0.15) is 5.56 Å². The van der Waals surface area contributed by atoms with Crippen LogP contribution in [0.25, 0.3) is 10.4 Å². The lowest BCUT2D eigenvalue weighted by molar-refractivity contribution is 0.596. The molecular weight excluding hydrogens is 334 g/mol. The molecule has 0 saturated heterocycles. The van der Waals surface area contributed by atoms with E-state index in [1.807, 2.05) is 30.3 Å². The van der Waals surface area contributed by atoms with Crippen LogP contribution in [0.5, 0.6) is 0 Å². The highest BCUT2D eigenvalue weighted by Gasteiger charge is 2.29. The molecule has 0 radical (unpaired) electrons. The van der Waals surface area contributed by atoms with Crippen molar-refractivity contribution < 1.29 is 8.42 Å². The number of benzene rings is 1. The molecule has 0 amide bonds. The van der Waals surface area contributed by atoms with E-state index >= 15 is 0 Å². The lowest BCUT2D eigenvalue weighted by atomic mass is 10.0.